The maximum Gasteiger partial charge on any atom is 0.230 e. The van der Waals surface area contributed by atoms with Gasteiger partial charge in [0.05, 0.1) is 11.5 Å². The first-order chi connectivity index (χ1) is 10.0. The molecular weight excluding hydrogens is 286 g/mol. The lowest BCUT2D eigenvalue weighted by atomic mass is 9.76. The van der Waals surface area contributed by atoms with Gasteiger partial charge in [0.15, 0.2) is 0 Å². The van der Waals surface area contributed by atoms with Crippen molar-refractivity contribution in [2.45, 2.75) is 56.6 Å². The zero-order valence-electron chi connectivity index (χ0n) is 12.3. The molecule has 4 heteroatoms. The van der Waals surface area contributed by atoms with Gasteiger partial charge in [0, 0.05) is 11.1 Å². The first-order valence-electron chi connectivity index (χ1n) is 7.80. The average molecular weight is 308 g/mol. The largest absolute Gasteiger partial charge is 0.393 e. The highest BCUT2D eigenvalue weighted by molar-refractivity contribution is 6.30. The summed E-state index contributed by atoms with van der Waals surface area (Å²) in [6.07, 6.45) is 4.18. The molecule has 0 radical (unpaired) electrons. The summed E-state index contributed by atoms with van der Waals surface area (Å²) in [5.41, 5.74) is 0.716. The van der Waals surface area contributed by atoms with Crippen LogP contribution in [0.5, 0.6) is 0 Å². The maximum atomic E-state index is 12.7. The summed E-state index contributed by atoms with van der Waals surface area (Å²) in [4.78, 5) is 12.7. The van der Waals surface area contributed by atoms with Gasteiger partial charge in [-0.3, -0.25) is 4.79 Å². The van der Waals surface area contributed by atoms with Gasteiger partial charge < -0.3 is 10.4 Å². The third kappa shape index (κ3) is 2.82. The van der Waals surface area contributed by atoms with Crippen LogP contribution in [0.4, 0.5) is 0 Å². The van der Waals surface area contributed by atoms with Gasteiger partial charge in [-0.1, -0.05) is 30.7 Å². The molecule has 2 aliphatic rings. The summed E-state index contributed by atoms with van der Waals surface area (Å²) in [6, 6.07) is 7.81. The zero-order chi connectivity index (χ0) is 15.0. The molecular formula is C17H22ClNO2. The Balaban J connectivity index is 1.68. The van der Waals surface area contributed by atoms with Crippen LogP contribution < -0.4 is 5.32 Å². The molecule has 1 unspecified atom stereocenters. The molecule has 114 valence electrons. The Morgan fingerprint density at radius 3 is 2.48 bits per heavy atom. The number of carbonyl (C=O) groups is 1. The van der Waals surface area contributed by atoms with Crippen molar-refractivity contribution in [1.29, 1.82) is 0 Å². The maximum absolute atomic E-state index is 12.7. The van der Waals surface area contributed by atoms with E-state index < -0.39 is 0 Å². The Morgan fingerprint density at radius 2 is 2.00 bits per heavy atom. The lowest BCUT2D eigenvalue weighted by Crippen LogP contribution is -2.49. The Morgan fingerprint density at radius 1 is 1.38 bits per heavy atom. The van der Waals surface area contributed by atoms with Crippen molar-refractivity contribution in [2.75, 3.05) is 0 Å². The van der Waals surface area contributed by atoms with Gasteiger partial charge in [-0.2, -0.15) is 0 Å². The van der Waals surface area contributed by atoms with E-state index in [9.17, 15) is 9.90 Å². The molecule has 1 aromatic rings. The Labute approximate surface area is 130 Å². The lowest BCUT2D eigenvalue weighted by molar-refractivity contribution is -0.125. The van der Waals surface area contributed by atoms with Crippen LogP contribution in [0, 0.1) is 5.92 Å². The van der Waals surface area contributed by atoms with Crippen LogP contribution in [-0.2, 0) is 10.2 Å². The zero-order valence-corrected chi connectivity index (χ0v) is 13.1. The molecule has 2 fully saturated rings. The van der Waals surface area contributed by atoms with Gasteiger partial charge in [-0.05, 0) is 55.7 Å². The minimum absolute atomic E-state index is 0.137. The van der Waals surface area contributed by atoms with Gasteiger partial charge in [-0.25, -0.2) is 0 Å². The van der Waals surface area contributed by atoms with E-state index in [2.05, 4.69) is 12.2 Å². The van der Waals surface area contributed by atoms with E-state index >= 15 is 0 Å². The summed E-state index contributed by atoms with van der Waals surface area (Å²) in [5.74, 6) is 0.563. The topological polar surface area (TPSA) is 49.3 Å². The first-order valence-corrected chi connectivity index (χ1v) is 8.18. The van der Waals surface area contributed by atoms with Crippen LogP contribution in [0.3, 0.4) is 0 Å². The monoisotopic (exact) mass is 307 g/mol. The van der Waals surface area contributed by atoms with E-state index in [1.54, 1.807) is 0 Å². The highest BCUT2D eigenvalue weighted by Gasteiger charge is 2.52. The number of carbonyl (C=O) groups excluding carboxylic acids is 1. The highest BCUT2D eigenvalue weighted by Crippen LogP contribution is 2.49. The van der Waals surface area contributed by atoms with E-state index in [1.807, 2.05) is 24.3 Å². The average Bonchev–Trinajstić information content (AvgIpc) is 3.24. The predicted octanol–water partition coefficient (Wildman–Crippen LogP) is 3.04. The van der Waals surface area contributed by atoms with Crippen LogP contribution in [0.1, 0.15) is 44.6 Å². The van der Waals surface area contributed by atoms with Crippen molar-refractivity contribution in [2.24, 2.45) is 5.92 Å². The van der Waals surface area contributed by atoms with Crippen molar-refractivity contribution in [1.82, 2.24) is 5.32 Å². The van der Waals surface area contributed by atoms with Crippen LogP contribution >= 0.6 is 11.6 Å². The van der Waals surface area contributed by atoms with Crippen LogP contribution in [-0.4, -0.2) is 23.2 Å². The predicted molar refractivity (Wildman–Crippen MR) is 83.3 cm³/mol. The number of halogens is 1. The van der Waals surface area contributed by atoms with Gasteiger partial charge in [0.25, 0.3) is 0 Å². The number of rotatable bonds is 5. The summed E-state index contributed by atoms with van der Waals surface area (Å²) < 4.78 is 0. The summed E-state index contributed by atoms with van der Waals surface area (Å²) in [5, 5.41) is 13.4. The molecule has 1 aromatic carbocycles. The molecule has 21 heavy (non-hydrogen) atoms. The molecule has 0 aromatic heterocycles. The van der Waals surface area contributed by atoms with E-state index in [0.29, 0.717) is 10.9 Å². The molecule has 0 saturated heterocycles. The Kier molecular flexibility index (Phi) is 3.98. The van der Waals surface area contributed by atoms with E-state index in [-0.39, 0.29) is 23.5 Å². The van der Waals surface area contributed by atoms with Gasteiger partial charge in [0.2, 0.25) is 5.91 Å². The van der Waals surface area contributed by atoms with E-state index in [4.69, 9.17) is 11.6 Å². The standard InChI is InChI=1S/C17H22ClNO2/c1-2-15(11-9-14(20)10-11)19-16(21)17(7-8-17)12-3-5-13(18)6-4-12/h3-6,11,14-15,20H,2,7-10H2,1H3,(H,19,21). The van der Waals surface area contributed by atoms with Gasteiger partial charge in [0.1, 0.15) is 0 Å². The van der Waals surface area contributed by atoms with Crippen molar-refractivity contribution in [3.05, 3.63) is 34.9 Å². The Bertz CT molecular complexity index is 518. The fourth-order valence-corrected chi connectivity index (χ4v) is 3.48. The minimum Gasteiger partial charge on any atom is -0.393 e. The lowest BCUT2D eigenvalue weighted by Gasteiger charge is -2.38. The molecule has 1 atom stereocenters. The second kappa shape index (κ2) is 5.62. The normalized spacial score (nSPS) is 27.6. The third-order valence-electron chi connectivity index (χ3n) is 5.06. The molecule has 0 spiro atoms. The molecule has 2 saturated carbocycles. The fourth-order valence-electron chi connectivity index (χ4n) is 3.36. The number of benzene rings is 1. The first kappa shape index (κ1) is 14.9. The molecule has 3 nitrogen and oxygen atoms in total. The van der Waals surface area contributed by atoms with Crippen LogP contribution in [0.15, 0.2) is 24.3 Å². The van der Waals surface area contributed by atoms with Crippen molar-refractivity contribution in [3.8, 4) is 0 Å². The number of nitrogens with one attached hydrogen (secondary N) is 1. The van der Waals surface area contributed by atoms with Crippen LogP contribution in [0.25, 0.3) is 0 Å². The Hall–Kier alpha value is -1.06. The van der Waals surface area contributed by atoms with Crippen molar-refractivity contribution < 1.29 is 9.90 Å². The van der Waals surface area contributed by atoms with Gasteiger partial charge >= 0.3 is 0 Å². The molecule has 0 aliphatic heterocycles. The summed E-state index contributed by atoms with van der Waals surface area (Å²) in [7, 11) is 0. The molecule has 2 N–H and O–H groups in total. The SMILES string of the molecule is CCC(NC(=O)C1(c2ccc(Cl)cc2)CC1)C1CC(O)C1. The number of aliphatic hydroxyl groups is 1. The van der Waals surface area contributed by atoms with Gasteiger partial charge in [-0.15, -0.1) is 0 Å². The van der Waals surface area contributed by atoms with Crippen LogP contribution in [0.2, 0.25) is 5.02 Å². The smallest absolute Gasteiger partial charge is 0.230 e. The highest BCUT2D eigenvalue weighted by atomic mass is 35.5. The van der Waals surface area contributed by atoms with E-state index in [1.165, 1.54) is 0 Å². The second-order valence-electron chi connectivity index (χ2n) is 6.46. The summed E-state index contributed by atoms with van der Waals surface area (Å²) >= 11 is 5.93. The molecule has 0 heterocycles. The quantitative estimate of drug-likeness (QED) is 0.878. The number of aliphatic hydroxyl groups excluding tert-OH is 1. The number of amides is 1. The van der Waals surface area contributed by atoms with Crippen molar-refractivity contribution in [3.63, 3.8) is 0 Å². The molecule has 0 bridgehead atoms. The van der Waals surface area contributed by atoms with Crippen molar-refractivity contribution >= 4 is 17.5 Å². The molecule has 1 amide bonds. The van der Waals surface area contributed by atoms with E-state index in [0.717, 1.165) is 37.7 Å². The molecule has 3 rings (SSSR count). The fraction of sp³-hybridized carbons (Fsp3) is 0.588. The number of hydrogen-bond donors (Lipinski definition) is 2. The molecule has 2 aliphatic carbocycles. The second-order valence-corrected chi connectivity index (χ2v) is 6.90. The third-order valence-corrected chi connectivity index (χ3v) is 5.31. The number of hydrogen-bond acceptors (Lipinski definition) is 2. The minimum atomic E-state index is -0.347. The summed E-state index contributed by atoms with van der Waals surface area (Å²) in [6.45, 7) is 2.09.